The van der Waals surface area contributed by atoms with Gasteiger partial charge in [0, 0.05) is 16.2 Å². The summed E-state index contributed by atoms with van der Waals surface area (Å²) in [4.78, 5) is 1.44. The van der Waals surface area contributed by atoms with E-state index in [0.29, 0.717) is 6.04 Å². The van der Waals surface area contributed by atoms with Crippen molar-refractivity contribution in [3.8, 4) is 0 Å². The number of rotatable bonds is 6. The van der Waals surface area contributed by atoms with Crippen LogP contribution in [0.2, 0.25) is 0 Å². The Hall–Kier alpha value is -0.470. The molecule has 18 heavy (non-hydrogen) atoms. The van der Waals surface area contributed by atoms with E-state index in [9.17, 15) is 0 Å². The number of hydrogen-bond donors (Lipinski definition) is 1. The van der Waals surface area contributed by atoms with Crippen molar-refractivity contribution in [3.63, 3.8) is 0 Å². The monoisotopic (exact) mass is 263 g/mol. The van der Waals surface area contributed by atoms with Crippen molar-refractivity contribution in [1.29, 1.82) is 0 Å². The third kappa shape index (κ3) is 3.76. The topological polar surface area (TPSA) is 12.0 Å². The molecule has 0 aliphatic heterocycles. The van der Waals surface area contributed by atoms with Gasteiger partial charge in [0.15, 0.2) is 0 Å². The number of nitrogens with one attached hydrogen (secondary N) is 1. The van der Waals surface area contributed by atoms with Crippen molar-refractivity contribution in [1.82, 2.24) is 5.32 Å². The SMILES string of the molecule is CCNC(CC)c1ccc(SC2CCCC2)cc1. The molecule has 1 unspecified atom stereocenters. The Labute approximate surface area is 116 Å². The van der Waals surface area contributed by atoms with Gasteiger partial charge in [0.25, 0.3) is 0 Å². The molecule has 0 saturated heterocycles. The van der Waals surface area contributed by atoms with E-state index in [1.54, 1.807) is 0 Å². The van der Waals surface area contributed by atoms with Crippen LogP contribution in [0, 0.1) is 0 Å². The molecule has 1 N–H and O–H groups in total. The zero-order valence-corrected chi connectivity index (χ0v) is 12.4. The second-order valence-corrected chi connectivity index (χ2v) is 6.49. The van der Waals surface area contributed by atoms with Gasteiger partial charge in [0.05, 0.1) is 0 Å². The van der Waals surface area contributed by atoms with Crippen LogP contribution in [0.25, 0.3) is 0 Å². The summed E-state index contributed by atoms with van der Waals surface area (Å²) in [6.45, 7) is 5.46. The second kappa shape index (κ2) is 7.20. The third-order valence-electron chi connectivity index (χ3n) is 3.75. The van der Waals surface area contributed by atoms with Crippen LogP contribution in [0.4, 0.5) is 0 Å². The fourth-order valence-corrected chi connectivity index (χ4v) is 3.97. The minimum atomic E-state index is 0.514. The van der Waals surface area contributed by atoms with E-state index < -0.39 is 0 Å². The van der Waals surface area contributed by atoms with Crippen LogP contribution in [0.3, 0.4) is 0 Å². The molecule has 1 aliphatic carbocycles. The fourth-order valence-electron chi connectivity index (χ4n) is 2.72. The van der Waals surface area contributed by atoms with Gasteiger partial charge in [-0.25, -0.2) is 0 Å². The molecular formula is C16H25NS. The molecule has 1 aromatic carbocycles. The second-order valence-electron chi connectivity index (χ2n) is 5.11. The summed E-state index contributed by atoms with van der Waals surface area (Å²) in [7, 11) is 0. The number of hydrogen-bond acceptors (Lipinski definition) is 2. The predicted octanol–water partition coefficient (Wildman–Crippen LogP) is 4.78. The highest BCUT2D eigenvalue weighted by atomic mass is 32.2. The molecule has 1 saturated carbocycles. The van der Waals surface area contributed by atoms with Crippen LogP contribution in [0.5, 0.6) is 0 Å². The minimum absolute atomic E-state index is 0.514. The Kier molecular flexibility index (Phi) is 5.58. The smallest absolute Gasteiger partial charge is 0.0317 e. The summed E-state index contributed by atoms with van der Waals surface area (Å²) in [5.41, 5.74) is 1.43. The first-order valence-corrected chi connectivity index (χ1v) is 8.21. The van der Waals surface area contributed by atoms with Gasteiger partial charge in [-0.2, -0.15) is 0 Å². The van der Waals surface area contributed by atoms with Gasteiger partial charge in [0.1, 0.15) is 0 Å². The minimum Gasteiger partial charge on any atom is -0.310 e. The van der Waals surface area contributed by atoms with Gasteiger partial charge < -0.3 is 5.32 Å². The average molecular weight is 263 g/mol. The first-order chi connectivity index (χ1) is 8.83. The van der Waals surface area contributed by atoms with E-state index in [0.717, 1.165) is 18.2 Å². The van der Waals surface area contributed by atoms with E-state index in [-0.39, 0.29) is 0 Å². The van der Waals surface area contributed by atoms with Crippen molar-refractivity contribution in [2.45, 2.75) is 62.1 Å². The Morgan fingerprint density at radius 3 is 2.39 bits per heavy atom. The lowest BCUT2D eigenvalue weighted by Crippen LogP contribution is -2.19. The van der Waals surface area contributed by atoms with Gasteiger partial charge in [0.2, 0.25) is 0 Å². The standard InChI is InChI=1S/C16H25NS/c1-3-16(17-4-2)13-9-11-15(12-10-13)18-14-7-5-6-8-14/h9-12,14,16-17H,3-8H2,1-2H3. The molecule has 0 aromatic heterocycles. The molecule has 1 fully saturated rings. The zero-order valence-electron chi connectivity index (χ0n) is 11.6. The van der Waals surface area contributed by atoms with Crippen molar-refractivity contribution < 1.29 is 0 Å². The molecule has 0 bridgehead atoms. The van der Waals surface area contributed by atoms with Crippen LogP contribution >= 0.6 is 11.8 Å². The Bertz CT molecular complexity index is 341. The maximum absolute atomic E-state index is 3.53. The quantitative estimate of drug-likeness (QED) is 0.792. The molecule has 0 spiro atoms. The Morgan fingerprint density at radius 1 is 1.17 bits per heavy atom. The van der Waals surface area contributed by atoms with Crippen molar-refractivity contribution in [2.75, 3.05) is 6.54 Å². The lowest BCUT2D eigenvalue weighted by molar-refractivity contribution is 0.537. The van der Waals surface area contributed by atoms with Crippen LogP contribution in [0.15, 0.2) is 29.2 Å². The highest BCUT2D eigenvalue weighted by Gasteiger charge is 2.16. The van der Waals surface area contributed by atoms with Crippen molar-refractivity contribution in [2.24, 2.45) is 0 Å². The van der Waals surface area contributed by atoms with Crippen LogP contribution in [-0.2, 0) is 0 Å². The van der Waals surface area contributed by atoms with E-state index in [1.807, 2.05) is 0 Å². The molecule has 0 amide bonds. The largest absolute Gasteiger partial charge is 0.310 e. The molecule has 1 atom stereocenters. The number of thioether (sulfide) groups is 1. The van der Waals surface area contributed by atoms with E-state index in [2.05, 4.69) is 55.2 Å². The first-order valence-electron chi connectivity index (χ1n) is 7.33. The molecular weight excluding hydrogens is 238 g/mol. The third-order valence-corrected chi connectivity index (χ3v) is 5.10. The summed E-state index contributed by atoms with van der Waals surface area (Å²) in [5.74, 6) is 0. The van der Waals surface area contributed by atoms with Gasteiger partial charge in [-0.3, -0.25) is 0 Å². The van der Waals surface area contributed by atoms with Gasteiger partial charge in [-0.05, 0) is 43.5 Å². The summed E-state index contributed by atoms with van der Waals surface area (Å²) >= 11 is 2.07. The Morgan fingerprint density at radius 2 is 1.83 bits per heavy atom. The van der Waals surface area contributed by atoms with Gasteiger partial charge >= 0.3 is 0 Å². The first kappa shape index (κ1) is 14.0. The van der Waals surface area contributed by atoms with Crippen molar-refractivity contribution >= 4 is 11.8 Å². The maximum Gasteiger partial charge on any atom is 0.0317 e. The molecule has 100 valence electrons. The molecule has 0 radical (unpaired) electrons. The lowest BCUT2D eigenvalue weighted by Gasteiger charge is -2.17. The molecule has 2 rings (SSSR count). The molecule has 2 heteroatoms. The van der Waals surface area contributed by atoms with Gasteiger partial charge in [-0.1, -0.05) is 38.8 Å². The highest BCUT2D eigenvalue weighted by molar-refractivity contribution is 8.00. The summed E-state index contributed by atoms with van der Waals surface area (Å²) in [5, 5.41) is 4.40. The normalized spacial score (nSPS) is 18.1. The van der Waals surface area contributed by atoms with Crippen molar-refractivity contribution in [3.05, 3.63) is 29.8 Å². The molecule has 1 aromatic rings. The molecule has 1 aliphatic rings. The average Bonchev–Trinajstić information content (AvgIpc) is 2.90. The molecule has 1 nitrogen and oxygen atoms in total. The predicted molar refractivity (Wildman–Crippen MR) is 81.3 cm³/mol. The van der Waals surface area contributed by atoms with Gasteiger partial charge in [-0.15, -0.1) is 11.8 Å². The van der Waals surface area contributed by atoms with E-state index in [1.165, 1.54) is 36.1 Å². The van der Waals surface area contributed by atoms with Crippen LogP contribution in [0.1, 0.15) is 57.6 Å². The highest BCUT2D eigenvalue weighted by Crippen LogP contribution is 2.35. The maximum atomic E-state index is 3.53. The summed E-state index contributed by atoms with van der Waals surface area (Å²) in [6, 6.07) is 9.72. The van der Waals surface area contributed by atoms with E-state index >= 15 is 0 Å². The zero-order chi connectivity index (χ0) is 12.8. The van der Waals surface area contributed by atoms with Crippen LogP contribution < -0.4 is 5.32 Å². The van der Waals surface area contributed by atoms with E-state index in [4.69, 9.17) is 0 Å². The number of benzene rings is 1. The lowest BCUT2D eigenvalue weighted by atomic mass is 10.1. The fraction of sp³-hybridized carbons (Fsp3) is 0.625. The molecule has 0 heterocycles. The van der Waals surface area contributed by atoms with Crippen LogP contribution in [-0.4, -0.2) is 11.8 Å². The summed E-state index contributed by atoms with van der Waals surface area (Å²) < 4.78 is 0. The summed E-state index contributed by atoms with van der Waals surface area (Å²) in [6.07, 6.45) is 6.81. The Balaban J connectivity index is 1.95.